The highest BCUT2D eigenvalue weighted by Crippen LogP contribution is 2.41. The van der Waals surface area contributed by atoms with Gasteiger partial charge in [-0.1, -0.05) is 115 Å². The molecule has 0 fully saturated rings. The fourth-order valence-corrected chi connectivity index (χ4v) is 8.86. The normalized spacial score (nSPS) is 11.9. The Kier molecular flexibility index (Phi) is 6.86. The van der Waals surface area contributed by atoms with E-state index < -0.39 is 0 Å². The van der Waals surface area contributed by atoms with Crippen LogP contribution in [0.15, 0.2) is 200 Å². The molecule has 0 spiro atoms. The van der Waals surface area contributed by atoms with Gasteiger partial charge in [-0.15, -0.1) is 0 Å². The summed E-state index contributed by atoms with van der Waals surface area (Å²) in [5.74, 6) is 0.702. The van der Waals surface area contributed by atoms with E-state index in [4.69, 9.17) is 9.97 Å². The van der Waals surface area contributed by atoms with Crippen LogP contribution in [0, 0.1) is 0 Å². The second-order valence-electron chi connectivity index (χ2n) is 14.7. The summed E-state index contributed by atoms with van der Waals surface area (Å²) in [4.78, 5) is 10.3. The Morgan fingerprint density at radius 3 is 1.70 bits per heavy atom. The molecule has 4 heterocycles. The van der Waals surface area contributed by atoms with Crippen LogP contribution in [0.5, 0.6) is 0 Å². The molecule has 0 saturated heterocycles. The highest BCUT2D eigenvalue weighted by atomic mass is 15.0. The molecule has 0 atom stereocenters. The molecular formula is C52H33N5. The van der Waals surface area contributed by atoms with E-state index in [1.165, 1.54) is 38.0 Å². The van der Waals surface area contributed by atoms with Gasteiger partial charge in [0.25, 0.3) is 0 Å². The molecule has 12 rings (SSSR count). The number of hydrogen-bond donors (Lipinski definition) is 0. The van der Waals surface area contributed by atoms with Crippen molar-refractivity contribution >= 4 is 65.4 Å². The minimum atomic E-state index is 0.702. The van der Waals surface area contributed by atoms with Crippen LogP contribution in [-0.4, -0.2) is 23.7 Å². The number of benzene rings is 8. The molecule has 0 aliphatic rings. The molecule has 266 valence electrons. The fourth-order valence-electron chi connectivity index (χ4n) is 8.86. The van der Waals surface area contributed by atoms with Crippen molar-refractivity contribution in [3.63, 3.8) is 0 Å². The van der Waals surface area contributed by atoms with Gasteiger partial charge >= 0.3 is 0 Å². The molecule has 0 saturated carbocycles. The molecule has 0 aliphatic heterocycles. The zero-order chi connectivity index (χ0) is 37.5. The summed E-state index contributed by atoms with van der Waals surface area (Å²) in [5.41, 5.74) is 13.0. The Labute approximate surface area is 328 Å². The number of hydrogen-bond acceptors (Lipinski definition) is 2. The fraction of sp³-hybridized carbons (Fsp3) is 0. The molecule has 0 bridgehead atoms. The second kappa shape index (κ2) is 12.4. The predicted octanol–water partition coefficient (Wildman–Crippen LogP) is 13.1. The molecule has 5 heteroatoms. The minimum absolute atomic E-state index is 0.702. The molecule has 0 aliphatic carbocycles. The Balaban J connectivity index is 1.12. The zero-order valence-corrected chi connectivity index (χ0v) is 30.8. The summed E-state index contributed by atoms with van der Waals surface area (Å²) < 4.78 is 7.12. The van der Waals surface area contributed by atoms with Crippen LogP contribution in [0.2, 0.25) is 0 Å². The van der Waals surface area contributed by atoms with Crippen LogP contribution in [0.1, 0.15) is 0 Å². The lowest BCUT2D eigenvalue weighted by Crippen LogP contribution is -1.98. The zero-order valence-electron chi connectivity index (χ0n) is 30.8. The van der Waals surface area contributed by atoms with E-state index >= 15 is 0 Å². The van der Waals surface area contributed by atoms with Crippen molar-refractivity contribution in [3.05, 3.63) is 200 Å². The Morgan fingerprint density at radius 2 is 0.912 bits per heavy atom. The lowest BCUT2D eigenvalue weighted by molar-refractivity contribution is 1.12. The minimum Gasteiger partial charge on any atom is -0.316 e. The first-order valence-corrected chi connectivity index (χ1v) is 19.3. The van der Waals surface area contributed by atoms with Crippen molar-refractivity contribution in [3.8, 4) is 39.7 Å². The molecule has 4 aromatic heterocycles. The van der Waals surface area contributed by atoms with Gasteiger partial charge in [0.1, 0.15) is 0 Å². The van der Waals surface area contributed by atoms with E-state index in [2.05, 4.69) is 202 Å². The molecule has 0 radical (unpaired) electrons. The molecular weight excluding hydrogens is 695 g/mol. The number of fused-ring (bicyclic) bond motifs is 8. The van der Waals surface area contributed by atoms with E-state index in [9.17, 15) is 0 Å². The summed E-state index contributed by atoms with van der Waals surface area (Å²) in [5, 5.41) is 7.14. The predicted molar refractivity (Wildman–Crippen MR) is 236 cm³/mol. The SMILES string of the molecule is c1ccc(-c2nc(-c3cccc(-n4c5ccccc5c5cc6c7cc8ccn(-c9ccccc9)c8cc7n(-c7ccccc7)c6cc54)c3)nc3ccccc23)cc1. The van der Waals surface area contributed by atoms with Crippen molar-refractivity contribution in [2.75, 3.05) is 0 Å². The topological polar surface area (TPSA) is 40.6 Å². The van der Waals surface area contributed by atoms with Gasteiger partial charge in [0.2, 0.25) is 0 Å². The largest absolute Gasteiger partial charge is 0.316 e. The van der Waals surface area contributed by atoms with Gasteiger partial charge in [0.15, 0.2) is 5.82 Å². The van der Waals surface area contributed by atoms with Crippen LogP contribution in [0.25, 0.3) is 105 Å². The third kappa shape index (κ3) is 4.89. The second-order valence-corrected chi connectivity index (χ2v) is 14.7. The van der Waals surface area contributed by atoms with Crippen molar-refractivity contribution in [1.82, 2.24) is 23.7 Å². The van der Waals surface area contributed by atoms with Crippen molar-refractivity contribution in [1.29, 1.82) is 0 Å². The molecule has 0 N–H and O–H groups in total. The lowest BCUT2D eigenvalue weighted by Gasteiger charge is -2.12. The number of para-hydroxylation sites is 4. The van der Waals surface area contributed by atoms with Crippen molar-refractivity contribution < 1.29 is 0 Å². The summed E-state index contributed by atoms with van der Waals surface area (Å²) in [6, 6.07) is 69.2. The standard InChI is InChI=1S/C52H33N5/c1-4-15-34(16-5-1)51-41-24-10-12-25-45(41)53-52(54-51)36-17-14-22-39(29-36)57-46-26-13-11-23-40(46)43-31-44-42-30-35-27-28-55(37-18-6-2-7-19-37)47(35)32-48(42)56(50(44)33-49(43)57)38-20-8-3-9-21-38/h1-33H. The average Bonchev–Trinajstić information content (AvgIpc) is 3.94. The van der Waals surface area contributed by atoms with E-state index in [1.807, 2.05) is 12.1 Å². The maximum Gasteiger partial charge on any atom is 0.160 e. The molecule has 57 heavy (non-hydrogen) atoms. The van der Waals surface area contributed by atoms with Gasteiger partial charge in [-0.3, -0.25) is 0 Å². The van der Waals surface area contributed by atoms with Gasteiger partial charge in [-0.2, -0.15) is 0 Å². The first-order chi connectivity index (χ1) is 28.3. The summed E-state index contributed by atoms with van der Waals surface area (Å²) in [6.07, 6.45) is 2.18. The van der Waals surface area contributed by atoms with Crippen LogP contribution < -0.4 is 0 Å². The molecule has 0 amide bonds. The van der Waals surface area contributed by atoms with E-state index in [0.717, 1.165) is 61.3 Å². The highest BCUT2D eigenvalue weighted by Gasteiger charge is 2.20. The maximum atomic E-state index is 5.22. The van der Waals surface area contributed by atoms with Crippen molar-refractivity contribution in [2.45, 2.75) is 0 Å². The van der Waals surface area contributed by atoms with E-state index in [1.54, 1.807) is 0 Å². The molecule has 0 unspecified atom stereocenters. The first kappa shape index (κ1) is 31.6. The summed E-state index contributed by atoms with van der Waals surface area (Å²) in [7, 11) is 0. The average molecular weight is 728 g/mol. The summed E-state index contributed by atoms with van der Waals surface area (Å²) >= 11 is 0. The van der Waals surface area contributed by atoms with Crippen LogP contribution in [-0.2, 0) is 0 Å². The van der Waals surface area contributed by atoms with Crippen LogP contribution in [0.4, 0.5) is 0 Å². The number of aromatic nitrogens is 5. The summed E-state index contributed by atoms with van der Waals surface area (Å²) in [6.45, 7) is 0. The smallest absolute Gasteiger partial charge is 0.160 e. The van der Waals surface area contributed by atoms with E-state index in [0.29, 0.717) is 5.82 Å². The van der Waals surface area contributed by atoms with Crippen LogP contribution in [0.3, 0.4) is 0 Å². The Morgan fingerprint density at radius 1 is 0.333 bits per heavy atom. The quantitative estimate of drug-likeness (QED) is 0.177. The molecule has 8 aromatic carbocycles. The van der Waals surface area contributed by atoms with E-state index in [-0.39, 0.29) is 0 Å². The lowest BCUT2D eigenvalue weighted by atomic mass is 10.1. The third-order valence-corrected chi connectivity index (χ3v) is 11.4. The maximum absolute atomic E-state index is 5.22. The van der Waals surface area contributed by atoms with Gasteiger partial charge in [-0.25, -0.2) is 9.97 Å². The number of nitrogens with zero attached hydrogens (tertiary/aromatic N) is 5. The molecule has 12 aromatic rings. The monoisotopic (exact) mass is 727 g/mol. The van der Waals surface area contributed by atoms with Gasteiger partial charge in [-0.05, 0) is 78.9 Å². The highest BCUT2D eigenvalue weighted by molar-refractivity contribution is 6.20. The molecule has 5 nitrogen and oxygen atoms in total. The van der Waals surface area contributed by atoms with Gasteiger partial charge < -0.3 is 13.7 Å². The third-order valence-electron chi connectivity index (χ3n) is 11.4. The van der Waals surface area contributed by atoms with Gasteiger partial charge in [0, 0.05) is 66.7 Å². The van der Waals surface area contributed by atoms with Crippen molar-refractivity contribution in [2.24, 2.45) is 0 Å². The number of rotatable bonds is 5. The first-order valence-electron chi connectivity index (χ1n) is 19.3. The van der Waals surface area contributed by atoms with Gasteiger partial charge in [0.05, 0.1) is 38.8 Å². The van der Waals surface area contributed by atoms with Crippen LogP contribution >= 0.6 is 0 Å². The Hall–Kier alpha value is -7.76. The Bertz CT molecular complexity index is 3500.